The third kappa shape index (κ3) is 2.50. The number of aryl methyl sites for hydroxylation is 3. The largest absolute Gasteiger partial charge is 0.338 e. The van der Waals surface area contributed by atoms with Crippen LogP contribution < -0.4 is 0 Å². The Balaban J connectivity index is 1.92. The maximum atomic E-state index is 4.60. The molecule has 0 bridgehead atoms. The van der Waals surface area contributed by atoms with E-state index in [1.807, 2.05) is 6.08 Å². The fourth-order valence-electron chi connectivity index (χ4n) is 2.22. The number of fused-ring (bicyclic) bond motifs is 1. The van der Waals surface area contributed by atoms with E-state index >= 15 is 0 Å². The maximum absolute atomic E-state index is 4.60. The molecular weight excluding hydrogens is 244 g/mol. The predicted molar refractivity (Wildman–Crippen MR) is 85.7 cm³/mol. The lowest BCUT2D eigenvalue weighted by atomic mass is 10.1. The van der Waals surface area contributed by atoms with E-state index in [1.54, 1.807) is 0 Å². The number of aromatic nitrogens is 2. The van der Waals surface area contributed by atoms with Crippen LogP contribution >= 0.6 is 0 Å². The summed E-state index contributed by atoms with van der Waals surface area (Å²) < 4.78 is 0. The summed E-state index contributed by atoms with van der Waals surface area (Å²) in [6, 6.07) is 12.7. The molecule has 3 rings (SSSR count). The molecule has 1 N–H and O–H groups in total. The zero-order valence-electron chi connectivity index (χ0n) is 12.1. The van der Waals surface area contributed by atoms with E-state index in [0.29, 0.717) is 0 Å². The maximum Gasteiger partial charge on any atom is 0.131 e. The second kappa shape index (κ2) is 4.97. The Morgan fingerprint density at radius 3 is 2.35 bits per heavy atom. The zero-order valence-corrected chi connectivity index (χ0v) is 12.1. The average molecular weight is 262 g/mol. The fourth-order valence-corrected chi connectivity index (χ4v) is 2.22. The Hall–Kier alpha value is -2.35. The average Bonchev–Trinajstić information content (AvgIpc) is 2.80. The van der Waals surface area contributed by atoms with Crippen LogP contribution in [-0.2, 0) is 0 Å². The highest BCUT2D eigenvalue weighted by atomic mass is 14.9. The molecule has 1 heterocycles. The molecule has 0 spiro atoms. The van der Waals surface area contributed by atoms with Crippen molar-refractivity contribution in [2.75, 3.05) is 0 Å². The number of H-pyrrole nitrogens is 1. The van der Waals surface area contributed by atoms with E-state index in [0.717, 1.165) is 16.9 Å². The molecule has 0 atom stereocenters. The number of aromatic amines is 1. The predicted octanol–water partition coefficient (Wildman–Crippen LogP) is 4.66. The van der Waals surface area contributed by atoms with Gasteiger partial charge in [-0.3, -0.25) is 0 Å². The molecule has 20 heavy (non-hydrogen) atoms. The van der Waals surface area contributed by atoms with Crippen molar-refractivity contribution in [1.29, 1.82) is 0 Å². The molecule has 0 saturated carbocycles. The standard InChI is InChI=1S/C18H18N2/c1-12-4-6-15(7-5-12)8-9-18-19-16-10-13(2)14(3)11-17(16)20-18/h4-11H,1-3H3,(H,19,20)/b9-8+. The van der Waals surface area contributed by atoms with Crippen molar-refractivity contribution in [2.24, 2.45) is 0 Å². The first-order chi connectivity index (χ1) is 9.61. The number of benzene rings is 2. The number of hydrogen-bond acceptors (Lipinski definition) is 1. The van der Waals surface area contributed by atoms with E-state index in [1.165, 1.54) is 22.3 Å². The van der Waals surface area contributed by atoms with Crippen LogP contribution in [0.25, 0.3) is 23.2 Å². The van der Waals surface area contributed by atoms with Crippen LogP contribution in [-0.4, -0.2) is 9.97 Å². The summed E-state index contributed by atoms with van der Waals surface area (Å²) in [4.78, 5) is 7.95. The number of rotatable bonds is 2. The van der Waals surface area contributed by atoms with Gasteiger partial charge in [-0.25, -0.2) is 4.98 Å². The minimum Gasteiger partial charge on any atom is -0.338 e. The molecule has 0 amide bonds. The van der Waals surface area contributed by atoms with Gasteiger partial charge in [-0.05, 0) is 55.7 Å². The van der Waals surface area contributed by atoms with Crippen LogP contribution in [0, 0.1) is 20.8 Å². The van der Waals surface area contributed by atoms with E-state index in [2.05, 4.69) is 73.2 Å². The van der Waals surface area contributed by atoms with Gasteiger partial charge in [0.05, 0.1) is 11.0 Å². The molecule has 1 aromatic heterocycles. The minimum atomic E-state index is 0.894. The molecule has 0 aliphatic carbocycles. The molecule has 0 saturated heterocycles. The van der Waals surface area contributed by atoms with Crippen molar-refractivity contribution in [1.82, 2.24) is 9.97 Å². The Bertz CT molecular complexity index is 738. The number of nitrogens with zero attached hydrogens (tertiary/aromatic N) is 1. The molecule has 0 aliphatic rings. The van der Waals surface area contributed by atoms with Crippen molar-refractivity contribution < 1.29 is 0 Å². The summed E-state index contributed by atoms with van der Waals surface area (Å²) in [5, 5.41) is 0. The highest BCUT2D eigenvalue weighted by Gasteiger charge is 2.02. The lowest BCUT2D eigenvalue weighted by Crippen LogP contribution is -1.79. The molecule has 0 radical (unpaired) electrons. The van der Waals surface area contributed by atoms with Gasteiger partial charge < -0.3 is 4.98 Å². The molecule has 0 aliphatic heterocycles. The highest BCUT2D eigenvalue weighted by Crippen LogP contribution is 2.18. The van der Waals surface area contributed by atoms with Gasteiger partial charge in [-0.1, -0.05) is 35.9 Å². The van der Waals surface area contributed by atoms with Gasteiger partial charge in [0.15, 0.2) is 0 Å². The van der Waals surface area contributed by atoms with Gasteiger partial charge in [0.2, 0.25) is 0 Å². The van der Waals surface area contributed by atoms with Gasteiger partial charge in [0, 0.05) is 0 Å². The van der Waals surface area contributed by atoms with Crippen molar-refractivity contribution in [3.05, 3.63) is 64.5 Å². The quantitative estimate of drug-likeness (QED) is 0.715. The Morgan fingerprint density at radius 1 is 0.900 bits per heavy atom. The number of hydrogen-bond donors (Lipinski definition) is 1. The lowest BCUT2D eigenvalue weighted by molar-refractivity contribution is 1.29. The van der Waals surface area contributed by atoms with Gasteiger partial charge in [-0.15, -0.1) is 0 Å². The fraction of sp³-hybridized carbons (Fsp3) is 0.167. The molecule has 100 valence electrons. The minimum absolute atomic E-state index is 0.894. The second-order valence-electron chi connectivity index (χ2n) is 5.32. The Morgan fingerprint density at radius 2 is 1.60 bits per heavy atom. The molecule has 2 nitrogen and oxygen atoms in total. The molecule has 2 aromatic carbocycles. The highest BCUT2D eigenvalue weighted by molar-refractivity contribution is 5.80. The van der Waals surface area contributed by atoms with Crippen LogP contribution in [0.15, 0.2) is 36.4 Å². The first-order valence-corrected chi connectivity index (χ1v) is 6.83. The molecule has 0 fully saturated rings. The van der Waals surface area contributed by atoms with E-state index < -0.39 is 0 Å². The molecular formula is C18H18N2. The van der Waals surface area contributed by atoms with Gasteiger partial charge in [-0.2, -0.15) is 0 Å². The van der Waals surface area contributed by atoms with Crippen LogP contribution in [0.3, 0.4) is 0 Å². The number of imidazole rings is 1. The van der Waals surface area contributed by atoms with E-state index in [9.17, 15) is 0 Å². The topological polar surface area (TPSA) is 28.7 Å². The normalized spacial score (nSPS) is 11.6. The van der Waals surface area contributed by atoms with Crippen LogP contribution in [0.2, 0.25) is 0 Å². The van der Waals surface area contributed by atoms with Gasteiger partial charge in [0.25, 0.3) is 0 Å². The summed E-state index contributed by atoms with van der Waals surface area (Å²) in [6.45, 7) is 6.33. The number of nitrogens with one attached hydrogen (secondary N) is 1. The van der Waals surface area contributed by atoms with Gasteiger partial charge >= 0.3 is 0 Å². The summed E-state index contributed by atoms with van der Waals surface area (Å²) in [5.74, 6) is 0.894. The first kappa shape index (κ1) is 12.7. The summed E-state index contributed by atoms with van der Waals surface area (Å²) in [5.41, 5.74) is 7.14. The van der Waals surface area contributed by atoms with Crippen molar-refractivity contribution >= 4 is 23.2 Å². The smallest absolute Gasteiger partial charge is 0.131 e. The van der Waals surface area contributed by atoms with Crippen LogP contribution in [0.1, 0.15) is 28.1 Å². The van der Waals surface area contributed by atoms with Crippen LogP contribution in [0.4, 0.5) is 0 Å². The second-order valence-corrected chi connectivity index (χ2v) is 5.32. The van der Waals surface area contributed by atoms with E-state index in [4.69, 9.17) is 0 Å². The molecule has 2 heteroatoms. The summed E-state index contributed by atoms with van der Waals surface area (Å²) in [7, 11) is 0. The molecule has 3 aromatic rings. The summed E-state index contributed by atoms with van der Waals surface area (Å²) >= 11 is 0. The zero-order chi connectivity index (χ0) is 14.1. The van der Waals surface area contributed by atoms with Crippen molar-refractivity contribution in [3.63, 3.8) is 0 Å². The summed E-state index contributed by atoms with van der Waals surface area (Å²) in [6.07, 6.45) is 4.10. The van der Waals surface area contributed by atoms with Crippen molar-refractivity contribution in [2.45, 2.75) is 20.8 Å². The van der Waals surface area contributed by atoms with Crippen LogP contribution in [0.5, 0.6) is 0 Å². The lowest BCUT2D eigenvalue weighted by Gasteiger charge is -1.97. The van der Waals surface area contributed by atoms with Crippen molar-refractivity contribution in [3.8, 4) is 0 Å². The van der Waals surface area contributed by atoms with E-state index in [-0.39, 0.29) is 0 Å². The monoisotopic (exact) mass is 262 g/mol. The third-order valence-corrected chi connectivity index (χ3v) is 3.63. The first-order valence-electron chi connectivity index (χ1n) is 6.83. The van der Waals surface area contributed by atoms with Gasteiger partial charge in [0.1, 0.15) is 5.82 Å². The SMILES string of the molecule is Cc1ccc(/C=C/c2nc3cc(C)c(C)cc3[nH]2)cc1. The Labute approximate surface area is 119 Å². The molecule has 0 unspecified atom stereocenters. The third-order valence-electron chi connectivity index (χ3n) is 3.63. The Kier molecular flexibility index (Phi) is 3.15.